The summed E-state index contributed by atoms with van der Waals surface area (Å²) in [6.07, 6.45) is 3.65. The minimum atomic E-state index is 0.343. The zero-order valence-electron chi connectivity index (χ0n) is 13.1. The number of nitrogens with zero attached hydrogens (tertiary/aromatic N) is 4. The maximum atomic E-state index is 4.43. The summed E-state index contributed by atoms with van der Waals surface area (Å²) in [5, 5.41) is 14.7. The van der Waals surface area contributed by atoms with E-state index in [1.807, 2.05) is 54.7 Å². The first kappa shape index (κ1) is 13.7. The van der Waals surface area contributed by atoms with Crippen molar-refractivity contribution in [3.8, 4) is 0 Å². The Morgan fingerprint density at radius 1 is 0.920 bits per heavy atom. The van der Waals surface area contributed by atoms with Gasteiger partial charge in [-0.05, 0) is 12.1 Å². The fourth-order valence-electron chi connectivity index (χ4n) is 2.93. The Balaban J connectivity index is 1.44. The summed E-state index contributed by atoms with van der Waals surface area (Å²) >= 11 is 0. The SMILES string of the molecule is C(=N/Nc1nnc2c(n1)[nH]c1ccccc12)/c1c[nH]c2ccccc12. The molecular formula is C18H13N7. The summed E-state index contributed by atoms with van der Waals surface area (Å²) in [6, 6.07) is 16.0. The number of hydrogen-bond acceptors (Lipinski definition) is 5. The molecular weight excluding hydrogens is 314 g/mol. The van der Waals surface area contributed by atoms with Crippen LogP contribution in [-0.2, 0) is 0 Å². The molecule has 120 valence electrons. The number of aromatic amines is 2. The van der Waals surface area contributed by atoms with Crippen LogP contribution in [0.3, 0.4) is 0 Å². The molecule has 3 N–H and O–H groups in total. The van der Waals surface area contributed by atoms with Crippen LogP contribution < -0.4 is 5.43 Å². The second-order valence-corrected chi connectivity index (χ2v) is 5.66. The number of fused-ring (bicyclic) bond motifs is 4. The van der Waals surface area contributed by atoms with Crippen LogP contribution in [0.4, 0.5) is 5.95 Å². The molecule has 3 aromatic heterocycles. The molecule has 7 nitrogen and oxygen atoms in total. The standard InChI is InChI=1S/C18H13N7/c1-3-7-14-12(5-1)11(9-19-14)10-20-24-18-22-17-16(23-25-18)13-6-2-4-8-15(13)21-17/h1-10,19H,(H2,21,22,24,25)/b20-10-. The molecule has 0 aliphatic carbocycles. The highest BCUT2D eigenvalue weighted by Crippen LogP contribution is 2.21. The van der Waals surface area contributed by atoms with Gasteiger partial charge in [0.15, 0.2) is 5.65 Å². The fourth-order valence-corrected chi connectivity index (χ4v) is 2.93. The number of H-pyrrole nitrogens is 2. The number of benzene rings is 2. The van der Waals surface area contributed by atoms with Gasteiger partial charge in [0.2, 0.25) is 0 Å². The van der Waals surface area contributed by atoms with Gasteiger partial charge in [-0.2, -0.15) is 10.1 Å². The van der Waals surface area contributed by atoms with Crippen LogP contribution in [0.1, 0.15) is 5.56 Å². The van der Waals surface area contributed by atoms with Crippen LogP contribution >= 0.6 is 0 Å². The second-order valence-electron chi connectivity index (χ2n) is 5.66. The first-order valence-corrected chi connectivity index (χ1v) is 7.85. The summed E-state index contributed by atoms with van der Waals surface area (Å²) in [4.78, 5) is 10.9. The van der Waals surface area contributed by atoms with E-state index < -0.39 is 0 Å². The highest BCUT2D eigenvalue weighted by molar-refractivity contribution is 6.03. The predicted octanol–water partition coefficient (Wildman–Crippen LogP) is 3.43. The molecule has 25 heavy (non-hydrogen) atoms. The van der Waals surface area contributed by atoms with Gasteiger partial charge in [0.25, 0.3) is 5.95 Å². The molecule has 0 radical (unpaired) electrons. The van der Waals surface area contributed by atoms with Gasteiger partial charge in [0, 0.05) is 33.6 Å². The Kier molecular flexibility index (Phi) is 2.96. The molecule has 0 aliphatic heterocycles. The minimum Gasteiger partial charge on any atom is -0.361 e. The molecule has 0 atom stereocenters. The molecule has 7 heteroatoms. The lowest BCUT2D eigenvalue weighted by Gasteiger charge is -1.97. The van der Waals surface area contributed by atoms with E-state index in [0.29, 0.717) is 11.6 Å². The van der Waals surface area contributed by atoms with Crippen LogP contribution in [0.25, 0.3) is 33.0 Å². The topological polar surface area (TPSA) is 94.6 Å². The van der Waals surface area contributed by atoms with Crippen molar-refractivity contribution in [2.75, 3.05) is 5.43 Å². The van der Waals surface area contributed by atoms with Crippen LogP contribution in [0.2, 0.25) is 0 Å². The minimum absolute atomic E-state index is 0.343. The summed E-state index contributed by atoms with van der Waals surface area (Å²) in [5.74, 6) is 0.343. The summed E-state index contributed by atoms with van der Waals surface area (Å²) in [6.45, 7) is 0. The molecule has 2 aromatic carbocycles. The van der Waals surface area contributed by atoms with Crippen LogP contribution in [0.5, 0.6) is 0 Å². The number of para-hydroxylation sites is 2. The van der Waals surface area contributed by atoms with Gasteiger partial charge in [-0.3, -0.25) is 0 Å². The normalized spacial score (nSPS) is 11.8. The number of rotatable bonds is 3. The fraction of sp³-hybridized carbons (Fsp3) is 0. The predicted molar refractivity (Wildman–Crippen MR) is 98.7 cm³/mol. The van der Waals surface area contributed by atoms with Gasteiger partial charge in [-0.25, -0.2) is 5.43 Å². The van der Waals surface area contributed by atoms with E-state index in [1.54, 1.807) is 6.21 Å². The zero-order chi connectivity index (χ0) is 16.6. The van der Waals surface area contributed by atoms with Crippen molar-refractivity contribution in [3.63, 3.8) is 0 Å². The molecule has 0 aliphatic rings. The average molecular weight is 327 g/mol. The third kappa shape index (κ3) is 2.29. The van der Waals surface area contributed by atoms with Gasteiger partial charge in [-0.1, -0.05) is 36.4 Å². The number of aromatic nitrogens is 5. The Bertz CT molecular complexity index is 1230. The molecule has 0 unspecified atom stereocenters. The lowest BCUT2D eigenvalue weighted by molar-refractivity contribution is 1.01. The Labute approximate surface area is 141 Å². The monoisotopic (exact) mass is 327 g/mol. The Morgan fingerprint density at radius 3 is 2.64 bits per heavy atom. The van der Waals surface area contributed by atoms with E-state index in [4.69, 9.17) is 0 Å². The van der Waals surface area contributed by atoms with Crippen molar-refractivity contribution >= 4 is 45.1 Å². The van der Waals surface area contributed by atoms with Crippen molar-refractivity contribution in [3.05, 3.63) is 60.3 Å². The van der Waals surface area contributed by atoms with Crippen LogP contribution in [-0.4, -0.2) is 31.4 Å². The first-order valence-electron chi connectivity index (χ1n) is 7.85. The molecule has 5 rings (SSSR count). The van der Waals surface area contributed by atoms with Gasteiger partial charge < -0.3 is 9.97 Å². The van der Waals surface area contributed by atoms with E-state index in [9.17, 15) is 0 Å². The van der Waals surface area contributed by atoms with Gasteiger partial charge >= 0.3 is 0 Å². The van der Waals surface area contributed by atoms with E-state index in [0.717, 1.165) is 32.9 Å². The molecule has 0 fully saturated rings. The average Bonchev–Trinajstić information content (AvgIpc) is 3.23. The lowest BCUT2D eigenvalue weighted by Crippen LogP contribution is -1.98. The summed E-state index contributed by atoms with van der Waals surface area (Å²) in [5.41, 5.74) is 7.31. The summed E-state index contributed by atoms with van der Waals surface area (Å²) < 4.78 is 0. The highest BCUT2D eigenvalue weighted by atomic mass is 15.4. The van der Waals surface area contributed by atoms with E-state index >= 15 is 0 Å². The number of nitrogens with one attached hydrogen (secondary N) is 3. The Hall–Kier alpha value is -3.74. The number of hydrogen-bond donors (Lipinski definition) is 3. The van der Waals surface area contributed by atoms with Crippen molar-refractivity contribution in [1.29, 1.82) is 0 Å². The molecule has 0 saturated heterocycles. The van der Waals surface area contributed by atoms with Gasteiger partial charge in [-0.15, -0.1) is 10.2 Å². The lowest BCUT2D eigenvalue weighted by atomic mass is 10.2. The van der Waals surface area contributed by atoms with Crippen molar-refractivity contribution in [1.82, 2.24) is 25.1 Å². The van der Waals surface area contributed by atoms with Gasteiger partial charge in [0.05, 0.1) is 6.21 Å². The quantitative estimate of drug-likeness (QED) is 0.349. The smallest absolute Gasteiger partial charge is 0.265 e. The summed E-state index contributed by atoms with van der Waals surface area (Å²) in [7, 11) is 0. The van der Waals surface area contributed by atoms with Crippen LogP contribution in [0.15, 0.2) is 59.8 Å². The molecule has 5 aromatic rings. The van der Waals surface area contributed by atoms with Crippen LogP contribution in [0, 0.1) is 0 Å². The van der Waals surface area contributed by atoms with Crippen molar-refractivity contribution < 1.29 is 0 Å². The van der Waals surface area contributed by atoms with E-state index in [1.165, 1.54) is 0 Å². The zero-order valence-corrected chi connectivity index (χ0v) is 13.1. The van der Waals surface area contributed by atoms with Gasteiger partial charge in [0.1, 0.15) is 5.52 Å². The largest absolute Gasteiger partial charge is 0.361 e. The highest BCUT2D eigenvalue weighted by Gasteiger charge is 2.08. The third-order valence-electron chi connectivity index (χ3n) is 4.11. The second kappa shape index (κ2) is 5.41. The van der Waals surface area contributed by atoms with Crippen molar-refractivity contribution in [2.24, 2.45) is 5.10 Å². The first-order chi connectivity index (χ1) is 12.4. The molecule has 3 heterocycles. The molecule has 0 saturated carbocycles. The van der Waals surface area contributed by atoms with E-state index in [-0.39, 0.29) is 0 Å². The van der Waals surface area contributed by atoms with Crippen molar-refractivity contribution in [2.45, 2.75) is 0 Å². The molecule has 0 spiro atoms. The number of anilines is 1. The third-order valence-corrected chi connectivity index (χ3v) is 4.11. The Morgan fingerprint density at radius 2 is 1.72 bits per heavy atom. The molecule has 0 amide bonds. The molecule has 0 bridgehead atoms. The van der Waals surface area contributed by atoms with E-state index in [2.05, 4.69) is 35.7 Å². The maximum absolute atomic E-state index is 4.43. The number of hydrazone groups is 1. The maximum Gasteiger partial charge on any atom is 0.265 e.